The number of aryl methyl sites for hydroxylation is 3. The summed E-state index contributed by atoms with van der Waals surface area (Å²) in [5.74, 6) is 0.835. The van der Waals surface area contributed by atoms with E-state index in [2.05, 4.69) is 45.1 Å². The highest BCUT2D eigenvalue weighted by Gasteiger charge is 2.21. The first kappa shape index (κ1) is 11.7. The molecule has 1 heterocycles. The van der Waals surface area contributed by atoms with E-state index in [0.29, 0.717) is 6.04 Å². The Kier molecular flexibility index (Phi) is 3.34. The van der Waals surface area contributed by atoms with Gasteiger partial charge in [0.05, 0.1) is 0 Å². The fourth-order valence-electron chi connectivity index (χ4n) is 2.99. The minimum absolute atomic E-state index is 0.580. The van der Waals surface area contributed by atoms with Gasteiger partial charge in [0.2, 0.25) is 0 Å². The zero-order chi connectivity index (χ0) is 11.7. The molecule has 0 bridgehead atoms. The van der Waals surface area contributed by atoms with Crippen molar-refractivity contribution >= 4 is 0 Å². The Labute approximate surface area is 99.3 Å². The lowest BCUT2D eigenvalue weighted by molar-refractivity contribution is 0.331. The standard InChI is InChI=1S/C15H23N/c1-10-5-6-14(16-9-10)15-12(3)7-11(2)8-13(15)4/h7-8,10,14,16H,5-6,9H2,1-4H3. The molecule has 2 unspecified atom stereocenters. The predicted octanol–water partition coefficient (Wildman–Crippen LogP) is 3.67. The van der Waals surface area contributed by atoms with E-state index >= 15 is 0 Å². The van der Waals surface area contributed by atoms with Crippen LogP contribution in [0.1, 0.15) is 48.1 Å². The van der Waals surface area contributed by atoms with E-state index in [0.717, 1.165) is 12.5 Å². The summed E-state index contributed by atoms with van der Waals surface area (Å²) in [6, 6.07) is 5.20. The molecule has 1 aliphatic heterocycles. The van der Waals surface area contributed by atoms with Gasteiger partial charge in [-0.15, -0.1) is 0 Å². The van der Waals surface area contributed by atoms with Crippen LogP contribution < -0.4 is 5.32 Å². The molecule has 0 aromatic heterocycles. The van der Waals surface area contributed by atoms with Crippen molar-refractivity contribution in [1.29, 1.82) is 0 Å². The topological polar surface area (TPSA) is 12.0 Å². The van der Waals surface area contributed by atoms with Gasteiger partial charge >= 0.3 is 0 Å². The fraction of sp³-hybridized carbons (Fsp3) is 0.600. The van der Waals surface area contributed by atoms with Crippen molar-refractivity contribution in [2.75, 3.05) is 6.54 Å². The molecule has 0 spiro atoms. The van der Waals surface area contributed by atoms with Crippen molar-refractivity contribution in [3.05, 3.63) is 34.4 Å². The van der Waals surface area contributed by atoms with Crippen LogP contribution in [0.5, 0.6) is 0 Å². The van der Waals surface area contributed by atoms with Crippen LogP contribution in [0.4, 0.5) is 0 Å². The van der Waals surface area contributed by atoms with Gasteiger partial charge in [-0.3, -0.25) is 0 Å². The molecular formula is C15H23N. The first-order valence-corrected chi connectivity index (χ1v) is 6.39. The molecule has 0 amide bonds. The normalized spacial score (nSPS) is 25.8. The first-order valence-electron chi connectivity index (χ1n) is 6.39. The summed E-state index contributed by atoms with van der Waals surface area (Å²) >= 11 is 0. The van der Waals surface area contributed by atoms with Gasteiger partial charge in [-0.2, -0.15) is 0 Å². The van der Waals surface area contributed by atoms with Gasteiger partial charge in [0.25, 0.3) is 0 Å². The summed E-state index contributed by atoms with van der Waals surface area (Å²) in [6.07, 6.45) is 2.64. The molecule has 16 heavy (non-hydrogen) atoms. The Bertz CT molecular complexity index is 350. The Morgan fingerprint density at radius 2 is 1.69 bits per heavy atom. The van der Waals surface area contributed by atoms with Crippen molar-refractivity contribution in [3.63, 3.8) is 0 Å². The van der Waals surface area contributed by atoms with Crippen molar-refractivity contribution < 1.29 is 0 Å². The number of hydrogen-bond donors (Lipinski definition) is 1. The zero-order valence-electron chi connectivity index (χ0n) is 10.9. The summed E-state index contributed by atoms with van der Waals surface area (Å²) in [5, 5.41) is 3.69. The predicted molar refractivity (Wildman–Crippen MR) is 69.8 cm³/mol. The monoisotopic (exact) mass is 217 g/mol. The average Bonchev–Trinajstić information content (AvgIpc) is 2.19. The quantitative estimate of drug-likeness (QED) is 0.757. The van der Waals surface area contributed by atoms with Crippen LogP contribution in [0.2, 0.25) is 0 Å². The molecule has 2 atom stereocenters. The highest BCUT2D eigenvalue weighted by molar-refractivity contribution is 5.39. The smallest absolute Gasteiger partial charge is 0.0325 e. The highest BCUT2D eigenvalue weighted by Crippen LogP contribution is 2.30. The third kappa shape index (κ3) is 2.30. The minimum Gasteiger partial charge on any atom is -0.310 e. The summed E-state index contributed by atoms with van der Waals surface area (Å²) in [5.41, 5.74) is 5.81. The van der Waals surface area contributed by atoms with Gasteiger partial charge in [-0.1, -0.05) is 24.6 Å². The molecule has 1 aliphatic rings. The largest absolute Gasteiger partial charge is 0.310 e. The third-order valence-electron chi connectivity index (χ3n) is 3.75. The van der Waals surface area contributed by atoms with Crippen LogP contribution in [-0.2, 0) is 0 Å². The van der Waals surface area contributed by atoms with Crippen LogP contribution in [-0.4, -0.2) is 6.54 Å². The molecule has 1 aromatic carbocycles. The van der Waals surface area contributed by atoms with Gasteiger partial charge in [-0.05, 0) is 62.8 Å². The van der Waals surface area contributed by atoms with E-state index in [-0.39, 0.29) is 0 Å². The molecule has 88 valence electrons. The summed E-state index contributed by atoms with van der Waals surface area (Å²) in [7, 11) is 0. The number of nitrogens with one attached hydrogen (secondary N) is 1. The molecule has 1 fully saturated rings. The van der Waals surface area contributed by atoms with Crippen LogP contribution in [0.3, 0.4) is 0 Å². The lowest BCUT2D eigenvalue weighted by Gasteiger charge is -2.30. The Hall–Kier alpha value is -0.820. The van der Waals surface area contributed by atoms with Gasteiger partial charge in [0.15, 0.2) is 0 Å². The second-order valence-corrected chi connectivity index (χ2v) is 5.46. The van der Waals surface area contributed by atoms with Gasteiger partial charge in [0, 0.05) is 6.04 Å². The zero-order valence-corrected chi connectivity index (χ0v) is 10.9. The van der Waals surface area contributed by atoms with E-state index in [4.69, 9.17) is 0 Å². The second-order valence-electron chi connectivity index (χ2n) is 5.46. The summed E-state index contributed by atoms with van der Waals surface area (Å²) in [6.45, 7) is 10.2. The Morgan fingerprint density at radius 1 is 1.06 bits per heavy atom. The van der Waals surface area contributed by atoms with E-state index < -0.39 is 0 Å². The second kappa shape index (κ2) is 4.58. The van der Waals surface area contributed by atoms with Crippen LogP contribution >= 0.6 is 0 Å². The van der Waals surface area contributed by atoms with E-state index in [1.807, 2.05) is 0 Å². The van der Waals surface area contributed by atoms with Crippen LogP contribution in [0, 0.1) is 26.7 Å². The maximum atomic E-state index is 3.69. The van der Waals surface area contributed by atoms with Crippen molar-refractivity contribution in [2.24, 2.45) is 5.92 Å². The molecule has 1 heteroatoms. The maximum Gasteiger partial charge on any atom is 0.0325 e. The summed E-state index contributed by atoms with van der Waals surface area (Å²) < 4.78 is 0. The third-order valence-corrected chi connectivity index (χ3v) is 3.75. The Morgan fingerprint density at radius 3 is 2.19 bits per heavy atom. The minimum atomic E-state index is 0.580. The van der Waals surface area contributed by atoms with Gasteiger partial charge in [0.1, 0.15) is 0 Å². The first-order chi connectivity index (χ1) is 7.58. The number of rotatable bonds is 1. The average molecular weight is 217 g/mol. The molecule has 1 N–H and O–H groups in total. The van der Waals surface area contributed by atoms with E-state index in [1.54, 1.807) is 0 Å². The van der Waals surface area contributed by atoms with E-state index in [9.17, 15) is 0 Å². The lowest BCUT2D eigenvalue weighted by atomic mass is 9.87. The molecular weight excluding hydrogens is 194 g/mol. The van der Waals surface area contributed by atoms with Crippen molar-refractivity contribution in [2.45, 2.75) is 46.6 Å². The molecule has 0 radical (unpaired) electrons. The SMILES string of the molecule is Cc1cc(C)c(C2CCC(C)CN2)c(C)c1. The summed E-state index contributed by atoms with van der Waals surface area (Å²) in [4.78, 5) is 0. The number of hydrogen-bond acceptors (Lipinski definition) is 1. The number of benzene rings is 1. The van der Waals surface area contributed by atoms with Crippen LogP contribution in [0.15, 0.2) is 12.1 Å². The molecule has 1 nitrogen and oxygen atoms in total. The van der Waals surface area contributed by atoms with Crippen LogP contribution in [0.25, 0.3) is 0 Å². The fourth-order valence-corrected chi connectivity index (χ4v) is 2.99. The maximum absolute atomic E-state index is 3.69. The molecule has 0 aliphatic carbocycles. The lowest BCUT2D eigenvalue weighted by Crippen LogP contribution is -2.32. The van der Waals surface area contributed by atoms with Gasteiger partial charge in [-0.25, -0.2) is 0 Å². The molecule has 2 rings (SSSR count). The van der Waals surface area contributed by atoms with Gasteiger partial charge < -0.3 is 5.32 Å². The molecule has 0 saturated carbocycles. The van der Waals surface area contributed by atoms with E-state index in [1.165, 1.54) is 35.1 Å². The molecule has 1 aromatic rings. The molecule has 1 saturated heterocycles. The number of piperidine rings is 1. The highest BCUT2D eigenvalue weighted by atomic mass is 14.9. The van der Waals surface area contributed by atoms with Crippen molar-refractivity contribution in [1.82, 2.24) is 5.32 Å². The van der Waals surface area contributed by atoms with Crippen molar-refractivity contribution in [3.8, 4) is 0 Å². The Balaban J connectivity index is 2.26.